The molecule has 0 aromatic heterocycles. The van der Waals surface area contributed by atoms with E-state index in [-0.39, 0.29) is 23.5 Å². The van der Waals surface area contributed by atoms with Crippen molar-refractivity contribution in [3.63, 3.8) is 0 Å². The number of carbonyl (C=O) groups is 1. The Hall–Kier alpha value is -1.95. The normalized spacial score (nSPS) is 27.4. The third kappa shape index (κ3) is 4.28. The van der Waals surface area contributed by atoms with Gasteiger partial charge in [-0.05, 0) is 37.0 Å². The third-order valence-electron chi connectivity index (χ3n) is 4.74. The van der Waals surface area contributed by atoms with Gasteiger partial charge in [-0.25, -0.2) is 0 Å². The predicted octanol–water partition coefficient (Wildman–Crippen LogP) is 2.86. The van der Waals surface area contributed by atoms with Gasteiger partial charge in [-0.15, -0.1) is 0 Å². The van der Waals surface area contributed by atoms with Crippen LogP contribution in [0.25, 0.3) is 0 Å². The van der Waals surface area contributed by atoms with Crippen LogP contribution < -0.4 is 4.74 Å². The highest BCUT2D eigenvalue weighted by atomic mass is 16.6. The summed E-state index contributed by atoms with van der Waals surface area (Å²) in [6.45, 7) is 1.94. The van der Waals surface area contributed by atoms with Crippen LogP contribution in [0.1, 0.15) is 31.7 Å². The van der Waals surface area contributed by atoms with E-state index in [1.54, 1.807) is 14.0 Å². The summed E-state index contributed by atoms with van der Waals surface area (Å²) >= 11 is 0. The molecule has 23 heavy (non-hydrogen) atoms. The van der Waals surface area contributed by atoms with Gasteiger partial charge in [-0.1, -0.05) is 19.1 Å². The number of ether oxygens (including phenoxy) is 2. The van der Waals surface area contributed by atoms with Gasteiger partial charge < -0.3 is 14.3 Å². The third-order valence-corrected chi connectivity index (χ3v) is 4.74. The molecular formula is C17H23NO5. The molecule has 1 aliphatic carbocycles. The average molecular weight is 321 g/mol. The van der Waals surface area contributed by atoms with Crippen molar-refractivity contribution in [2.24, 2.45) is 11.3 Å². The van der Waals surface area contributed by atoms with Crippen molar-refractivity contribution in [2.75, 3.05) is 13.7 Å². The van der Waals surface area contributed by atoms with E-state index in [0.717, 1.165) is 30.4 Å². The van der Waals surface area contributed by atoms with Crippen LogP contribution in [0.4, 0.5) is 0 Å². The van der Waals surface area contributed by atoms with Gasteiger partial charge in [0.25, 0.3) is 0 Å². The van der Waals surface area contributed by atoms with Crippen molar-refractivity contribution >= 4 is 6.29 Å². The first kappa shape index (κ1) is 17.4. The fourth-order valence-corrected chi connectivity index (χ4v) is 3.25. The molecular weight excluding hydrogens is 298 g/mol. The smallest absolute Gasteiger partial charge is 0.210 e. The van der Waals surface area contributed by atoms with E-state index in [1.165, 1.54) is 0 Å². The molecule has 0 unspecified atom stereocenters. The first-order valence-corrected chi connectivity index (χ1v) is 7.81. The van der Waals surface area contributed by atoms with Gasteiger partial charge in [0.05, 0.1) is 25.7 Å². The average Bonchev–Trinajstić information content (AvgIpc) is 2.55. The van der Waals surface area contributed by atoms with Crippen LogP contribution in [-0.4, -0.2) is 31.0 Å². The van der Waals surface area contributed by atoms with Gasteiger partial charge in [-0.3, -0.25) is 10.1 Å². The van der Waals surface area contributed by atoms with Crippen molar-refractivity contribution in [1.82, 2.24) is 0 Å². The lowest BCUT2D eigenvalue weighted by Gasteiger charge is -2.40. The quantitative estimate of drug-likeness (QED) is 0.438. The second-order valence-corrected chi connectivity index (χ2v) is 6.34. The fourth-order valence-electron chi connectivity index (χ4n) is 3.25. The van der Waals surface area contributed by atoms with Gasteiger partial charge in [0, 0.05) is 10.3 Å². The topological polar surface area (TPSA) is 78.7 Å². The number of nitro groups is 1. The molecule has 3 atom stereocenters. The molecule has 1 aromatic carbocycles. The molecule has 2 rings (SSSR count). The highest BCUT2D eigenvalue weighted by molar-refractivity contribution is 5.59. The van der Waals surface area contributed by atoms with Crippen LogP contribution in [0.5, 0.6) is 5.75 Å². The number of methoxy groups -OCH3 is 1. The summed E-state index contributed by atoms with van der Waals surface area (Å²) in [5.41, 5.74) is 0.291. The second-order valence-electron chi connectivity index (χ2n) is 6.34. The summed E-state index contributed by atoms with van der Waals surface area (Å²) < 4.78 is 11.1. The van der Waals surface area contributed by atoms with Crippen LogP contribution in [-0.2, 0) is 16.1 Å². The van der Waals surface area contributed by atoms with E-state index in [0.29, 0.717) is 13.0 Å². The largest absolute Gasteiger partial charge is 0.497 e. The number of hydrogen-bond acceptors (Lipinski definition) is 5. The van der Waals surface area contributed by atoms with Crippen molar-refractivity contribution in [1.29, 1.82) is 0 Å². The maximum atomic E-state index is 11.5. The summed E-state index contributed by atoms with van der Waals surface area (Å²) in [5.74, 6) is 0.383. The molecule has 0 heterocycles. The summed E-state index contributed by atoms with van der Waals surface area (Å²) in [6, 6.07) is 7.51. The number of rotatable bonds is 7. The molecule has 0 N–H and O–H groups in total. The Balaban J connectivity index is 2.05. The molecule has 6 heteroatoms. The number of benzene rings is 1. The molecule has 0 amide bonds. The Morgan fingerprint density at radius 1 is 1.39 bits per heavy atom. The van der Waals surface area contributed by atoms with Gasteiger partial charge in [-0.2, -0.15) is 0 Å². The maximum absolute atomic E-state index is 11.5. The number of aldehydes is 1. The van der Waals surface area contributed by atoms with Crippen LogP contribution in [0.15, 0.2) is 24.3 Å². The number of hydrogen-bond donors (Lipinski definition) is 0. The molecule has 1 fully saturated rings. The van der Waals surface area contributed by atoms with Crippen LogP contribution in [0, 0.1) is 21.4 Å². The van der Waals surface area contributed by atoms with E-state index < -0.39 is 5.41 Å². The minimum atomic E-state index is -0.685. The second kappa shape index (κ2) is 7.55. The molecule has 0 spiro atoms. The zero-order chi connectivity index (χ0) is 16.9. The van der Waals surface area contributed by atoms with E-state index in [9.17, 15) is 14.9 Å². The van der Waals surface area contributed by atoms with E-state index >= 15 is 0 Å². The van der Waals surface area contributed by atoms with Crippen LogP contribution in [0.3, 0.4) is 0 Å². The minimum Gasteiger partial charge on any atom is -0.497 e. The summed E-state index contributed by atoms with van der Waals surface area (Å²) in [4.78, 5) is 22.1. The minimum absolute atomic E-state index is 0.234. The molecule has 1 aliphatic rings. The molecule has 0 bridgehead atoms. The van der Waals surface area contributed by atoms with E-state index in [1.807, 2.05) is 24.3 Å². The van der Waals surface area contributed by atoms with Gasteiger partial charge in [0.2, 0.25) is 6.54 Å². The van der Waals surface area contributed by atoms with E-state index in [2.05, 4.69) is 0 Å². The standard InChI is InChI=1S/C17H23NO5/c1-17(12-19)9-3-4-16(15(17)10-18(20)21)23-11-13-5-7-14(22-2)8-6-13/h5-8,12,15-16H,3-4,9-11H2,1-2H3/t15-,16+,17+/m1/s1. The summed E-state index contributed by atoms with van der Waals surface area (Å²) in [5, 5.41) is 11.0. The highest BCUT2D eigenvalue weighted by Gasteiger charge is 2.45. The van der Waals surface area contributed by atoms with Gasteiger partial charge >= 0.3 is 0 Å². The lowest BCUT2D eigenvalue weighted by molar-refractivity contribution is -0.495. The van der Waals surface area contributed by atoms with Crippen molar-refractivity contribution in [2.45, 2.75) is 38.9 Å². The zero-order valence-corrected chi connectivity index (χ0v) is 13.6. The van der Waals surface area contributed by atoms with Crippen molar-refractivity contribution in [3.8, 4) is 5.75 Å². The summed E-state index contributed by atoms with van der Waals surface area (Å²) in [6.07, 6.45) is 2.86. The molecule has 0 aliphatic heterocycles. The fraction of sp³-hybridized carbons (Fsp3) is 0.588. The Morgan fingerprint density at radius 2 is 2.09 bits per heavy atom. The Labute approximate surface area is 135 Å². The molecule has 126 valence electrons. The Morgan fingerprint density at radius 3 is 2.65 bits per heavy atom. The SMILES string of the molecule is COc1ccc(CO[C@H]2CCC[C@@](C)(C=O)[C@@H]2C[N+](=O)[O-])cc1. The molecule has 1 aromatic rings. The molecule has 6 nitrogen and oxygen atoms in total. The number of nitrogens with zero attached hydrogens (tertiary/aromatic N) is 1. The van der Waals surface area contributed by atoms with E-state index in [4.69, 9.17) is 9.47 Å². The van der Waals surface area contributed by atoms with Crippen molar-refractivity contribution in [3.05, 3.63) is 39.9 Å². The predicted molar refractivity (Wildman–Crippen MR) is 84.9 cm³/mol. The number of carbonyl (C=O) groups excluding carboxylic acids is 1. The maximum Gasteiger partial charge on any atom is 0.210 e. The van der Waals surface area contributed by atoms with Crippen LogP contribution >= 0.6 is 0 Å². The Kier molecular flexibility index (Phi) is 5.71. The first-order valence-electron chi connectivity index (χ1n) is 7.81. The zero-order valence-electron chi connectivity index (χ0n) is 13.6. The highest BCUT2D eigenvalue weighted by Crippen LogP contribution is 2.41. The molecule has 0 saturated heterocycles. The lowest BCUT2D eigenvalue weighted by Crippen LogP contribution is -2.46. The van der Waals surface area contributed by atoms with Crippen LogP contribution in [0.2, 0.25) is 0 Å². The van der Waals surface area contributed by atoms with Gasteiger partial charge in [0.1, 0.15) is 12.0 Å². The lowest BCUT2D eigenvalue weighted by atomic mass is 9.67. The monoisotopic (exact) mass is 321 g/mol. The molecule has 0 radical (unpaired) electrons. The van der Waals surface area contributed by atoms with Gasteiger partial charge in [0.15, 0.2) is 0 Å². The molecule has 1 saturated carbocycles. The summed E-state index contributed by atoms with van der Waals surface area (Å²) in [7, 11) is 1.61. The first-order chi connectivity index (χ1) is 11.0. The Bertz CT molecular complexity index is 544. The van der Waals surface area contributed by atoms with Crippen molar-refractivity contribution < 1.29 is 19.2 Å².